The number of rotatable bonds is 4. The molecule has 0 aliphatic carbocycles. The Balaban J connectivity index is 1.83. The van der Waals surface area contributed by atoms with E-state index in [4.69, 9.17) is 0 Å². The average Bonchev–Trinajstić information content (AvgIpc) is 2.39. The Morgan fingerprint density at radius 1 is 1.18 bits per heavy atom. The van der Waals surface area contributed by atoms with Crippen molar-refractivity contribution in [3.8, 4) is 0 Å². The zero-order chi connectivity index (χ0) is 11.9. The highest BCUT2D eigenvalue weighted by Gasteiger charge is 2.03. The molecule has 0 saturated carbocycles. The van der Waals surface area contributed by atoms with Crippen LogP contribution in [0.4, 0.5) is 11.6 Å². The first-order valence-electron chi connectivity index (χ1n) is 5.07. The van der Waals surface area contributed by atoms with Gasteiger partial charge in [-0.15, -0.1) is 5.10 Å². The van der Waals surface area contributed by atoms with E-state index in [0.717, 1.165) is 5.69 Å². The summed E-state index contributed by atoms with van der Waals surface area (Å²) >= 11 is 0. The highest BCUT2D eigenvalue weighted by Crippen LogP contribution is 2.03. The molecule has 0 bridgehead atoms. The van der Waals surface area contributed by atoms with Crippen LogP contribution < -0.4 is 10.6 Å². The fourth-order valence-corrected chi connectivity index (χ4v) is 1.21. The van der Waals surface area contributed by atoms with Gasteiger partial charge < -0.3 is 5.32 Å². The molecule has 1 amide bonds. The smallest absolute Gasteiger partial charge is 0.249 e. The van der Waals surface area contributed by atoms with Crippen LogP contribution in [0.2, 0.25) is 0 Å². The maximum Gasteiger partial charge on any atom is 0.249 e. The molecule has 2 N–H and O–H groups in total. The lowest BCUT2D eigenvalue weighted by Gasteiger charge is -2.05. The summed E-state index contributed by atoms with van der Waals surface area (Å²) in [5.41, 5.74) is 0.884. The predicted octanol–water partition coefficient (Wildman–Crippen LogP) is 0.922. The van der Waals surface area contributed by atoms with Crippen molar-refractivity contribution in [3.05, 3.63) is 42.7 Å². The number of hydrogen-bond donors (Lipinski definition) is 2. The third kappa shape index (κ3) is 3.53. The zero-order valence-electron chi connectivity index (χ0n) is 9.00. The van der Waals surface area contributed by atoms with Gasteiger partial charge in [0.25, 0.3) is 0 Å². The van der Waals surface area contributed by atoms with Crippen LogP contribution in [0.15, 0.2) is 42.7 Å². The molecule has 0 fully saturated rings. The van der Waals surface area contributed by atoms with Gasteiger partial charge in [0.15, 0.2) is 0 Å². The Labute approximate surface area is 98.1 Å². The highest BCUT2D eigenvalue weighted by molar-refractivity contribution is 5.92. The summed E-state index contributed by atoms with van der Waals surface area (Å²) in [4.78, 5) is 15.3. The Kier molecular flexibility index (Phi) is 3.59. The Hall–Kier alpha value is -2.50. The number of anilines is 2. The zero-order valence-corrected chi connectivity index (χ0v) is 9.00. The minimum atomic E-state index is -0.221. The van der Waals surface area contributed by atoms with Gasteiger partial charge in [0.1, 0.15) is 0 Å². The number of aromatic nitrogens is 3. The van der Waals surface area contributed by atoms with Gasteiger partial charge in [0.2, 0.25) is 11.9 Å². The number of carbonyl (C=O) groups excluding carboxylic acids is 1. The summed E-state index contributed by atoms with van der Waals surface area (Å²) in [5.74, 6) is -0.0192. The van der Waals surface area contributed by atoms with Crippen LogP contribution in [-0.2, 0) is 4.79 Å². The van der Waals surface area contributed by atoms with E-state index in [-0.39, 0.29) is 18.4 Å². The molecule has 2 aromatic rings. The molecule has 2 rings (SSSR count). The molecule has 0 spiro atoms. The molecule has 6 nitrogen and oxygen atoms in total. The second-order valence-corrected chi connectivity index (χ2v) is 3.23. The van der Waals surface area contributed by atoms with Crippen molar-refractivity contribution in [1.82, 2.24) is 15.2 Å². The molecule has 6 heteroatoms. The fraction of sp³-hybridized carbons (Fsp3) is 0.0909. The van der Waals surface area contributed by atoms with Crippen molar-refractivity contribution in [1.29, 1.82) is 0 Å². The standard InChI is InChI=1S/C11H11N5O/c17-10(15-11-12-6-7-14-16-11)8-13-9-4-2-1-3-5-9/h1-7,13H,8H2,(H,12,15,16,17). The molecule has 0 aliphatic heterocycles. The van der Waals surface area contributed by atoms with E-state index >= 15 is 0 Å². The molecule has 0 unspecified atom stereocenters. The summed E-state index contributed by atoms with van der Waals surface area (Å²) in [6.45, 7) is 0.155. The monoisotopic (exact) mass is 229 g/mol. The van der Waals surface area contributed by atoms with E-state index in [1.807, 2.05) is 30.3 Å². The van der Waals surface area contributed by atoms with Crippen LogP contribution in [0.3, 0.4) is 0 Å². The van der Waals surface area contributed by atoms with Crippen molar-refractivity contribution in [2.45, 2.75) is 0 Å². The third-order valence-corrected chi connectivity index (χ3v) is 1.96. The number of carbonyl (C=O) groups is 1. The number of nitrogens with zero attached hydrogens (tertiary/aromatic N) is 3. The van der Waals surface area contributed by atoms with Gasteiger partial charge >= 0.3 is 0 Å². The first-order valence-corrected chi connectivity index (χ1v) is 5.07. The summed E-state index contributed by atoms with van der Waals surface area (Å²) in [5, 5.41) is 12.8. The van der Waals surface area contributed by atoms with Crippen LogP contribution in [0, 0.1) is 0 Å². The quantitative estimate of drug-likeness (QED) is 0.815. The number of hydrogen-bond acceptors (Lipinski definition) is 5. The summed E-state index contributed by atoms with van der Waals surface area (Å²) < 4.78 is 0. The molecule has 0 saturated heterocycles. The molecule has 86 valence electrons. The van der Waals surface area contributed by atoms with Crippen molar-refractivity contribution in [2.75, 3.05) is 17.2 Å². The van der Waals surface area contributed by atoms with Crippen LogP contribution in [0.1, 0.15) is 0 Å². The van der Waals surface area contributed by atoms with Gasteiger partial charge in [-0.25, -0.2) is 4.98 Å². The molecule has 0 aliphatic rings. The first-order chi connectivity index (χ1) is 8.34. The van der Waals surface area contributed by atoms with Crippen molar-refractivity contribution in [2.24, 2.45) is 0 Å². The van der Waals surface area contributed by atoms with Crippen LogP contribution in [0.5, 0.6) is 0 Å². The van der Waals surface area contributed by atoms with E-state index in [1.54, 1.807) is 0 Å². The maximum absolute atomic E-state index is 11.5. The number of amides is 1. The van der Waals surface area contributed by atoms with Crippen molar-refractivity contribution < 1.29 is 4.79 Å². The Morgan fingerprint density at radius 3 is 2.71 bits per heavy atom. The predicted molar refractivity (Wildman–Crippen MR) is 63.4 cm³/mol. The molecule has 1 aromatic heterocycles. The van der Waals surface area contributed by atoms with Crippen LogP contribution >= 0.6 is 0 Å². The topological polar surface area (TPSA) is 79.8 Å². The lowest BCUT2D eigenvalue weighted by Crippen LogP contribution is -2.22. The lowest BCUT2D eigenvalue weighted by atomic mass is 10.3. The van der Waals surface area contributed by atoms with Gasteiger partial charge in [-0.3, -0.25) is 10.1 Å². The van der Waals surface area contributed by atoms with Gasteiger partial charge in [-0.1, -0.05) is 18.2 Å². The number of benzene rings is 1. The molecular formula is C11H11N5O. The molecule has 1 heterocycles. The van der Waals surface area contributed by atoms with Crippen LogP contribution in [0.25, 0.3) is 0 Å². The second kappa shape index (κ2) is 5.55. The summed E-state index contributed by atoms with van der Waals surface area (Å²) in [6.07, 6.45) is 2.91. The van der Waals surface area contributed by atoms with Crippen molar-refractivity contribution in [3.63, 3.8) is 0 Å². The molecule has 0 radical (unpaired) electrons. The highest BCUT2D eigenvalue weighted by atomic mass is 16.2. The Morgan fingerprint density at radius 2 is 2.00 bits per heavy atom. The van der Waals surface area contributed by atoms with Gasteiger partial charge in [-0.05, 0) is 12.1 Å². The molecule has 0 atom stereocenters. The third-order valence-electron chi connectivity index (χ3n) is 1.96. The van der Waals surface area contributed by atoms with Gasteiger partial charge in [0, 0.05) is 5.69 Å². The molecular weight excluding hydrogens is 218 g/mol. The maximum atomic E-state index is 11.5. The van der Waals surface area contributed by atoms with E-state index < -0.39 is 0 Å². The number of nitrogens with one attached hydrogen (secondary N) is 2. The second-order valence-electron chi connectivity index (χ2n) is 3.23. The lowest BCUT2D eigenvalue weighted by molar-refractivity contribution is -0.114. The summed E-state index contributed by atoms with van der Waals surface area (Å²) in [6, 6.07) is 9.46. The fourth-order valence-electron chi connectivity index (χ4n) is 1.21. The van der Waals surface area contributed by atoms with Gasteiger partial charge in [0.05, 0.1) is 18.9 Å². The largest absolute Gasteiger partial charge is 0.376 e. The van der Waals surface area contributed by atoms with E-state index in [9.17, 15) is 4.79 Å². The average molecular weight is 229 g/mol. The Bertz CT molecular complexity index is 474. The van der Waals surface area contributed by atoms with Gasteiger partial charge in [-0.2, -0.15) is 5.10 Å². The minimum absolute atomic E-state index is 0.155. The SMILES string of the molecule is O=C(CNc1ccccc1)Nc1nccnn1. The van der Waals surface area contributed by atoms with Crippen molar-refractivity contribution >= 4 is 17.5 Å². The summed E-state index contributed by atoms with van der Waals surface area (Å²) in [7, 11) is 0. The van der Waals surface area contributed by atoms with Crippen LogP contribution in [-0.4, -0.2) is 27.6 Å². The first kappa shape index (κ1) is 11.0. The minimum Gasteiger partial charge on any atom is -0.376 e. The normalized spacial score (nSPS) is 9.65. The molecule has 17 heavy (non-hydrogen) atoms. The number of para-hydroxylation sites is 1. The van der Waals surface area contributed by atoms with E-state index in [0.29, 0.717) is 0 Å². The van der Waals surface area contributed by atoms with E-state index in [2.05, 4.69) is 25.8 Å². The van der Waals surface area contributed by atoms with E-state index in [1.165, 1.54) is 12.4 Å². The molecule has 1 aromatic carbocycles.